The van der Waals surface area contributed by atoms with Crippen LogP contribution in [0.2, 0.25) is 0 Å². The van der Waals surface area contributed by atoms with Crippen LogP contribution in [0.15, 0.2) is 76.1 Å². The molecule has 3 aromatic carbocycles. The number of hydrogen-bond acceptors (Lipinski definition) is 4. The number of nitrogens with one attached hydrogen (secondary N) is 1. The van der Waals surface area contributed by atoms with Crippen LogP contribution in [-0.2, 0) is 14.8 Å². The van der Waals surface area contributed by atoms with Crippen molar-refractivity contribution < 1.29 is 17.9 Å². The summed E-state index contributed by atoms with van der Waals surface area (Å²) in [5, 5.41) is 3.02. The predicted molar refractivity (Wildman–Crippen MR) is 143 cm³/mol. The third-order valence-corrected chi connectivity index (χ3v) is 8.12. The summed E-state index contributed by atoms with van der Waals surface area (Å²) in [5.41, 5.74) is 3.69. The van der Waals surface area contributed by atoms with E-state index in [9.17, 15) is 13.2 Å². The van der Waals surface area contributed by atoms with E-state index in [1.54, 1.807) is 36.4 Å². The lowest BCUT2D eigenvalue weighted by molar-refractivity contribution is -0.120. The molecule has 0 saturated carbocycles. The van der Waals surface area contributed by atoms with Crippen LogP contribution in [-0.4, -0.2) is 27.5 Å². The van der Waals surface area contributed by atoms with Gasteiger partial charge in [-0.15, -0.1) is 0 Å². The minimum Gasteiger partial charge on any atom is -0.494 e. The Kier molecular flexibility index (Phi) is 8.97. The first-order valence-electron chi connectivity index (χ1n) is 11.5. The number of anilines is 1. The topological polar surface area (TPSA) is 75.7 Å². The van der Waals surface area contributed by atoms with E-state index >= 15 is 0 Å². The molecule has 1 unspecified atom stereocenters. The van der Waals surface area contributed by atoms with Crippen LogP contribution < -0.4 is 14.4 Å². The van der Waals surface area contributed by atoms with Gasteiger partial charge in [-0.05, 0) is 92.4 Å². The summed E-state index contributed by atoms with van der Waals surface area (Å²) in [4.78, 5) is 13.3. The van der Waals surface area contributed by atoms with Gasteiger partial charge in [0.1, 0.15) is 12.3 Å². The highest BCUT2D eigenvalue weighted by molar-refractivity contribution is 9.10. The third-order valence-electron chi connectivity index (χ3n) is 5.80. The summed E-state index contributed by atoms with van der Waals surface area (Å²) < 4.78 is 34.6. The van der Waals surface area contributed by atoms with Crippen molar-refractivity contribution in [2.24, 2.45) is 0 Å². The number of hydrogen-bond donors (Lipinski definition) is 1. The quantitative estimate of drug-likeness (QED) is 0.334. The van der Waals surface area contributed by atoms with Crippen molar-refractivity contribution in [1.82, 2.24) is 5.32 Å². The number of rotatable bonds is 10. The molecule has 0 aliphatic heterocycles. The average molecular weight is 560 g/mol. The number of benzene rings is 3. The second-order valence-corrected chi connectivity index (χ2v) is 11.0. The molecule has 3 aromatic rings. The maximum absolute atomic E-state index is 13.6. The van der Waals surface area contributed by atoms with Crippen LogP contribution in [0.1, 0.15) is 43.0 Å². The molecule has 186 valence electrons. The van der Waals surface area contributed by atoms with Crippen molar-refractivity contribution in [2.75, 3.05) is 17.5 Å². The average Bonchev–Trinajstić information content (AvgIpc) is 2.84. The molecule has 0 fully saturated rings. The summed E-state index contributed by atoms with van der Waals surface area (Å²) in [6, 6.07) is 18.9. The largest absolute Gasteiger partial charge is 0.494 e. The van der Waals surface area contributed by atoms with E-state index < -0.39 is 10.0 Å². The van der Waals surface area contributed by atoms with E-state index in [2.05, 4.69) is 27.3 Å². The molecule has 3 rings (SSSR count). The Labute approximate surface area is 216 Å². The van der Waals surface area contributed by atoms with Gasteiger partial charge in [0.2, 0.25) is 5.91 Å². The minimum absolute atomic E-state index is 0.101. The van der Waals surface area contributed by atoms with Gasteiger partial charge in [0.05, 0.1) is 23.2 Å². The van der Waals surface area contributed by atoms with Gasteiger partial charge in [-0.25, -0.2) is 8.42 Å². The highest BCUT2D eigenvalue weighted by atomic mass is 79.9. The third kappa shape index (κ3) is 6.64. The number of sulfonamides is 1. The van der Waals surface area contributed by atoms with Crippen molar-refractivity contribution in [3.05, 3.63) is 87.9 Å². The zero-order valence-corrected chi connectivity index (χ0v) is 22.8. The van der Waals surface area contributed by atoms with Gasteiger partial charge in [-0.3, -0.25) is 9.10 Å². The minimum atomic E-state index is -4.00. The van der Waals surface area contributed by atoms with Gasteiger partial charge >= 0.3 is 0 Å². The normalized spacial score (nSPS) is 12.1. The molecule has 0 heterocycles. The summed E-state index contributed by atoms with van der Waals surface area (Å²) in [5.74, 6) is 0.243. The maximum atomic E-state index is 13.6. The first-order chi connectivity index (χ1) is 16.6. The molecule has 0 aliphatic carbocycles. The van der Waals surface area contributed by atoms with Gasteiger partial charge in [-0.2, -0.15) is 0 Å². The van der Waals surface area contributed by atoms with Gasteiger partial charge in [0, 0.05) is 4.47 Å². The Bertz CT molecular complexity index is 1260. The standard InChI is InChI=1S/C27H31BrN2O4S/c1-5-26(21-8-7-19(3)20(4)17-21)29-27(31)18-30(23-11-13-24(14-12-23)34-6-2)35(32,33)25-15-9-22(28)10-16-25/h7-17,26H,5-6,18H2,1-4H3,(H,29,31). The summed E-state index contributed by atoms with van der Waals surface area (Å²) in [6.07, 6.45) is 0.677. The zero-order chi connectivity index (χ0) is 25.6. The van der Waals surface area contributed by atoms with Gasteiger partial charge in [-0.1, -0.05) is 41.1 Å². The fourth-order valence-corrected chi connectivity index (χ4v) is 5.38. The van der Waals surface area contributed by atoms with Crippen LogP contribution in [0.3, 0.4) is 0 Å². The van der Waals surface area contributed by atoms with Crippen molar-refractivity contribution in [1.29, 1.82) is 0 Å². The van der Waals surface area contributed by atoms with Gasteiger partial charge < -0.3 is 10.1 Å². The van der Waals surface area contributed by atoms with Crippen LogP contribution in [0.4, 0.5) is 5.69 Å². The lowest BCUT2D eigenvalue weighted by atomic mass is 9.99. The number of carbonyl (C=O) groups excluding carboxylic acids is 1. The van der Waals surface area contributed by atoms with Crippen molar-refractivity contribution >= 4 is 37.5 Å². The summed E-state index contributed by atoms with van der Waals surface area (Å²) in [6.45, 7) is 8.09. The molecule has 0 spiro atoms. The molecule has 0 aliphatic rings. The molecule has 0 radical (unpaired) electrons. The molecule has 1 atom stereocenters. The fraction of sp³-hybridized carbons (Fsp3) is 0.296. The van der Waals surface area contributed by atoms with E-state index in [1.807, 2.05) is 39.8 Å². The van der Waals surface area contributed by atoms with E-state index in [1.165, 1.54) is 17.7 Å². The Morgan fingerprint density at radius 3 is 2.20 bits per heavy atom. The van der Waals surface area contributed by atoms with Crippen molar-refractivity contribution in [2.45, 2.75) is 45.1 Å². The Morgan fingerprint density at radius 2 is 1.63 bits per heavy atom. The Morgan fingerprint density at radius 1 is 0.971 bits per heavy atom. The number of aryl methyl sites for hydroxylation is 2. The first-order valence-corrected chi connectivity index (χ1v) is 13.8. The number of carbonyl (C=O) groups is 1. The molecule has 0 saturated heterocycles. The Balaban J connectivity index is 1.91. The molecule has 1 amide bonds. The molecule has 35 heavy (non-hydrogen) atoms. The highest BCUT2D eigenvalue weighted by Crippen LogP contribution is 2.27. The van der Waals surface area contributed by atoms with Crippen molar-refractivity contribution in [3.63, 3.8) is 0 Å². The van der Waals surface area contributed by atoms with E-state index in [0.717, 1.165) is 19.9 Å². The highest BCUT2D eigenvalue weighted by Gasteiger charge is 2.28. The van der Waals surface area contributed by atoms with Gasteiger partial charge in [0.15, 0.2) is 0 Å². The number of halogens is 1. The molecule has 8 heteroatoms. The number of nitrogens with zero attached hydrogens (tertiary/aromatic N) is 1. The predicted octanol–water partition coefficient (Wildman–Crippen LogP) is 5.93. The molecular formula is C27H31BrN2O4S. The summed E-state index contributed by atoms with van der Waals surface area (Å²) >= 11 is 3.34. The molecule has 0 aromatic heterocycles. The number of amides is 1. The monoisotopic (exact) mass is 558 g/mol. The molecule has 0 bridgehead atoms. The molecular weight excluding hydrogens is 528 g/mol. The number of ether oxygens (including phenoxy) is 1. The van der Waals surface area contributed by atoms with E-state index in [-0.39, 0.29) is 23.4 Å². The molecule has 1 N–H and O–H groups in total. The lowest BCUT2D eigenvalue weighted by Gasteiger charge is -2.26. The van der Waals surface area contributed by atoms with Crippen LogP contribution in [0, 0.1) is 13.8 Å². The van der Waals surface area contributed by atoms with E-state index in [0.29, 0.717) is 24.5 Å². The Hall–Kier alpha value is -2.84. The second kappa shape index (κ2) is 11.7. The van der Waals surface area contributed by atoms with Crippen LogP contribution in [0.25, 0.3) is 0 Å². The smallest absolute Gasteiger partial charge is 0.264 e. The zero-order valence-electron chi connectivity index (χ0n) is 20.4. The fourth-order valence-electron chi connectivity index (χ4n) is 3.70. The van der Waals surface area contributed by atoms with Crippen LogP contribution in [0.5, 0.6) is 5.75 Å². The van der Waals surface area contributed by atoms with Gasteiger partial charge in [0.25, 0.3) is 10.0 Å². The maximum Gasteiger partial charge on any atom is 0.264 e. The lowest BCUT2D eigenvalue weighted by Crippen LogP contribution is -2.42. The second-order valence-electron chi connectivity index (χ2n) is 8.26. The summed E-state index contributed by atoms with van der Waals surface area (Å²) in [7, 11) is -4.00. The van der Waals surface area contributed by atoms with Crippen molar-refractivity contribution in [3.8, 4) is 5.75 Å². The first kappa shape index (κ1) is 26.8. The SMILES string of the molecule is CCOc1ccc(N(CC(=O)NC(CC)c2ccc(C)c(C)c2)S(=O)(=O)c2ccc(Br)cc2)cc1. The molecule has 6 nitrogen and oxygen atoms in total. The van der Waals surface area contributed by atoms with Crippen LogP contribution >= 0.6 is 15.9 Å². The van der Waals surface area contributed by atoms with E-state index in [4.69, 9.17) is 4.74 Å².